The summed E-state index contributed by atoms with van der Waals surface area (Å²) >= 11 is 11.7. The van der Waals surface area contributed by atoms with Gasteiger partial charge in [0.25, 0.3) is 5.91 Å². The highest BCUT2D eigenvalue weighted by Gasteiger charge is 2.18. The summed E-state index contributed by atoms with van der Waals surface area (Å²) in [6.07, 6.45) is 1.52. The molecule has 0 spiro atoms. The van der Waals surface area contributed by atoms with Crippen LogP contribution in [0.15, 0.2) is 17.0 Å². The highest BCUT2D eigenvalue weighted by atomic mass is 35.5. The lowest BCUT2D eigenvalue weighted by molar-refractivity contribution is 0.0951. The van der Waals surface area contributed by atoms with Crippen molar-refractivity contribution in [3.63, 3.8) is 0 Å². The molecule has 0 bridgehead atoms. The molecule has 0 unspecified atom stereocenters. The molecule has 6 nitrogen and oxygen atoms in total. The lowest BCUT2D eigenvalue weighted by Gasteiger charge is -2.09. The Hall–Kier alpha value is -0.860. The number of ether oxygens (including phenoxy) is 1. The van der Waals surface area contributed by atoms with Crippen LogP contribution in [0.5, 0.6) is 0 Å². The number of primary sulfonamides is 1. The Labute approximate surface area is 133 Å². The average molecular weight is 355 g/mol. The molecule has 118 valence electrons. The molecule has 0 aromatic heterocycles. The summed E-state index contributed by atoms with van der Waals surface area (Å²) < 4.78 is 27.6. The van der Waals surface area contributed by atoms with E-state index in [1.165, 1.54) is 0 Å². The first kappa shape index (κ1) is 18.2. The number of hydrogen-bond donors (Lipinski definition) is 2. The first-order valence-electron chi connectivity index (χ1n) is 6.06. The zero-order valence-electron chi connectivity index (χ0n) is 11.4. The highest BCUT2D eigenvalue weighted by molar-refractivity contribution is 7.89. The molecule has 0 aliphatic rings. The largest absolute Gasteiger partial charge is 0.385 e. The van der Waals surface area contributed by atoms with Crippen LogP contribution in [-0.4, -0.2) is 34.6 Å². The van der Waals surface area contributed by atoms with Crippen molar-refractivity contribution in [2.24, 2.45) is 5.14 Å². The summed E-state index contributed by atoms with van der Waals surface area (Å²) in [6, 6.07) is 2.21. The van der Waals surface area contributed by atoms with Crippen molar-refractivity contribution in [1.82, 2.24) is 5.32 Å². The number of halogens is 2. The second-order valence-corrected chi connectivity index (χ2v) is 6.61. The fourth-order valence-corrected chi connectivity index (χ4v) is 2.61. The minimum Gasteiger partial charge on any atom is -0.385 e. The molecule has 1 aromatic carbocycles. The molecule has 0 aliphatic heterocycles. The highest BCUT2D eigenvalue weighted by Crippen LogP contribution is 2.29. The molecule has 0 heterocycles. The number of unbranched alkanes of at least 4 members (excludes halogenated alkanes) is 1. The first-order valence-corrected chi connectivity index (χ1v) is 8.36. The molecule has 0 fully saturated rings. The molecular formula is C12H16Cl2N2O4S. The van der Waals surface area contributed by atoms with Gasteiger partial charge in [-0.05, 0) is 25.0 Å². The number of methoxy groups -OCH3 is 1. The van der Waals surface area contributed by atoms with E-state index in [9.17, 15) is 13.2 Å². The van der Waals surface area contributed by atoms with Gasteiger partial charge in [-0.15, -0.1) is 0 Å². The predicted molar refractivity (Wildman–Crippen MR) is 81.3 cm³/mol. The number of sulfonamides is 1. The number of nitrogens with one attached hydrogen (secondary N) is 1. The van der Waals surface area contributed by atoms with Crippen LogP contribution in [0.25, 0.3) is 0 Å². The van der Waals surface area contributed by atoms with E-state index in [-0.39, 0.29) is 20.5 Å². The van der Waals surface area contributed by atoms with E-state index in [0.29, 0.717) is 13.2 Å². The fraction of sp³-hybridized carbons (Fsp3) is 0.417. The van der Waals surface area contributed by atoms with Crippen molar-refractivity contribution in [3.05, 3.63) is 27.7 Å². The van der Waals surface area contributed by atoms with Crippen molar-refractivity contribution >= 4 is 39.1 Å². The van der Waals surface area contributed by atoms with E-state index in [2.05, 4.69) is 5.32 Å². The van der Waals surface area contributed by atoms with Crippen molar-refractivity contribution in [2.75, 3.05) is 20.3 Å². The summed E-state index contributed by atoms with van der Waals surface area (Å²) in [4.78, 5) is 11.7. The van der Waals surface area contributed by atoms with Crippen LogP contribution in [0.4, 0.5) is 0 Å². The Morgan fingerprint density at radius 1 is 1.33 bits per heavy atom. The Morgan fingerprint density at radius 3 is 2.57 bits per heavy atom. The average Bonchev–Trinajstić information content (AvgIpc) is 2.40. The van der Waals surface area contributed by atoms with E-state index in [4.69, 9.17) is 33.1 Å². The van der Waals surface area contributed by atoms with Gasteiger partial charge in [0, 0.05) is 20.3 Å². The van der Waals surface area contributed by atoms with Gasteiger partial charge in [0.1, 0.15) is 0 Å². The third-order valence-corrected chi connectivity index (χ3v) is 4.33. The van der Waals surface area contributed by atoms with Gasteiger partial charge in [0.2, 0.25) is 10.0 Å². The zero-order valence-corrected chi connectivity index (χ0v) is 13.7. The molecule has 0 radical (unpaired) electrons. The van der Waals surface area contributed by atoms with Gasteiger partial charge in [-0.2, -0.15) is 0 Å². The van der Waals surface area contributed by atoms with Crippen LogP contribution in [-0.2, 0) is 14.8 Å². The molecule has 1 aromatic rings. The second kappa shape index (κ2) is 7.95. The van der Waals surface area contributed by atoms with Gasteiger partial charge in [-0.25, -0.2) is 13.6 Å². The SMILES string of the molecule is COCCCCNC(=O)c1cc(S(N)(=O)=O)cc(Cl)c1Cl. The fourth-order valence-electron chi connectivity index (χ4n) is 1.56. The molecule has 0 saturated carbocycles. The van der Waals surface area contributed by atoms with E-state index in [0.717, 1.165) is 25.0 Å². The van der Waals surface area contributed by atoms with Crippen LogP contribution in [0.1, 0.15) is 23.2 Å². The minimum absolute atomic E-state index is 0.0153. The number of hydrogen-bond acceptors (Lipinski definition) is 4. The van der Waals surface area contributed by atoms with Gasteiger partial charge < -0.3 is 10.1 Å². The van der Waals surface area contributed by atoms with E-state index in [1.54, 1.807) is 7.11 Å². The number of carbonyl (C=O) groups is 1. The topological polar surface area (TPSA) is 98.5 Å². The second-order valence-electron chi connectivity index (χ2n) is 4.27. The Kier molecular flexibility index (Phi) is 6.89. The number of carbonyl (C=O) groups excluding carboxylic acids is 1. The number of rotatable bonds is 7. The maximum Gasteiger partial charge on any atom is 0.252 e. The minimum atomic E-state index is -3.97. The van der Waals surface area contributed by atoms with Crippen molar-refractivity contribution < 1.29 is 17.9 Å². The van der Waals surface area contributed by atoms with Crippen molar-refractivity contribution in [2.45, 2.75) is 17.7 Å². The van der Waals surface area contributed by atoms with Crippen molar-refractivity contribution in [1.29, 1.82) is 0 Å². The Morgan fingerprint density at radius 2 is 2.00 bits per heavy atom. The van der Waals surface area contributed by atoms with Crippen molar-refractivity contribution in [3.8, 4) is 0 Å². The maximum absolute atomic E-state index is 12.0. The van der Waals surface area contributed by atoms with Gasteiger partial charge >= 0.3 is 0 Å². The molecule has 21 heavy (non-hydrogen) atoms. The first-order chi connectivity index (χ1) is 9.77. The molecule has 0 aliphatic carbocycles. The number of amides is 1. The lowest BCUT2D eigenvalue weighted by atomic mass is 10.2. The van der Waals surface area contributed by atoms with E-state index in [1.807, 2.05) is 0 Å². The lowest BCUT2D eigenvalue weighted by Crippen LogP contribution is -2.25. The van der Waals surface area contributed by atoms with Crippen LogP contribution in [0, 0.1) is 0 Å². The molecule has 3 N–H and O–H groups in total. The Balaban J connectivity index is 2.86. The van der Waals surface area contributed by atoms with Gasteiger partial charge in [-0.1, -0.05) is 23.2 Å². The van der Waals surface area contributed by atoms with Crippen LogP contribution < -0.4 is 10.5 Å². The van der Waals surface area contributed by atoms with Gasteiger partial charge in [0.15, 0.2) is 0 Å². The summed E-state index contributed by atoms with van der Waals surface area (Å²) in [6.45, 7) is 1.01. The summed E-state index contributed by atoms with van der Waals surface area (Å²) in [5.41, 5.74) is -0.0278. The quantitative estimate of drug-likeness (QED) is 0.729. The monoisotopic (exact) mass is 354 g/mol. The molecule has 0 saturated heterocycles. The van der Waals surface area contributed by atoms with Crippen LogP contribution in [0.3, 0.4) is 0 Å². The number of benzene rings is 1. The summed E-state index contributed by atoms with van der Waals surface area (Å²) in [5.74, 6) is -0.509. The Bertz CT molecular complexity index is 620. The maximum atomic E-state index is 12.0. The summed E-state index contributed by atoms with van der Waals surface area (Å²) in [5, 5.41) is 7.59. The van der Waals surface area contributed by atoms with Crippen LogP contribution in [0.2, 0.25) is 10.0 Å². The normalized spacial score (nSPS) is 11.4. The van der Waals surface area contributed by atoms with Gasteiger partial charge in [0.05, 0.1) is 20.5 Å². The predicted octanol–water partition coefficient (Wildman–Crippen LogP) is 1.80. The third-order valence-electron chi connectivity index (χ3n) is 2.64. The smallest absolute Gasteiger partial charge is 0.252 e. The van der Waals surface area contributed by atoms with Crippen LogP contribution >= 0.6 is 23.2 Å². The van der Waals surface area contributed by atoms with E-state index >= 15 is 0 Å². The molecule has 1 amide bonds. The van der Waals surface area contributed by atoms with Gasteiger partial charge in [-0.3, -0.25) is 4.79 Å². The molecular weight excluding hydrogens is 339 g/mol. The molecule has 0 atom stereocenters. The molecule has 1 rings (SSSR count). The zero-order chi connectivity index (χ0) is 16.0. The number of nitrogens with two attached hydrogens (primary N) is 1. The standard InChI is InChI=1S/C12H16Cl2N2O4S/c1-20-5-3-2-4-16-12(17)9-6-8(21(15,18)19)7-10(13)11(9)14/h6-7H,2-5H2,1H3,(H,16,17)(H2,15,18,19). The third kappa shape index (κ3) is 5.44. The van der Waals surface area contributed by atoms with E-state index < -0.39 is 15.9 Å². The molecule has 9 heteroatoms. The summed E-state index contributed by atoms with van der Waals surface area (Å²) in [7, 11) is -2.37.